The van der Waals surface area contributed by atoms with Crippen molar-refractivity contribution in [2.24, 2.45) is 11.0 Å². The van der Waals surface area contributed by atoms with Crippen molar-refractivity contribution in [1.29, 1.82) is 0 Å². The zero-order chi connectivity index (χ0) is 20.2. The van der Waals surface area contributed by atoms with Gasteiger partial charge in [0.15, 0.2) is 0 Å². The standard InChI is InChI=1S/C24H24N2O3/c27-21(14-15-22(28)29)26-24(18-10-5-2-6-11-18)20-13-7-12-19(23(20)25-26)16-17-8-3-1-4-9-17/h1-6,8-11,16,20,24H,7,12-15H2,(H,28,29)/p-1/b19-16+/t20-,24-/m0/s1. The second-order valence-electron chi connectivity index (χ2n) is 7.53. The SMILES string of the molecule is O=C([O-])CCC(=O)N1N=C2/C(=C/c3ccccc3)CCC[C@@H]2[C@@H]1c1ccccc1. The molecule has 0 unspecified atom stereocenters. The van der Waals surface area contributed by atoms with Gasteiger partial charge < -0.3 is 9.90 Å². The molecule has 148 valence electrons. The van der Waals surface area contributed by atoms with Gasteiger partial charge in [0.05, 0.1) is 11.8 Å². The number of nitrogens with zero attached hydrogens (tertiary/aromatic N) is 2. The normalized spacial score (nSPS) is 22.3. The molecule has 2 aromatic rings. The summed E-state index contributed by atoms with van der Waals surface area (Å²) in [5, 5.41) is 17.1. The van der Waals surface area contributed by atoms with E-state index in [1.165, 1.54) is 5.01 Å². The molecule has 0 spiro atoms. The van der Waals surface area contributed by atoms with Crippen LogP contribution in [0.1, 0.15) is 49.3 Å². The van der Waals surface area contributed by atoms with Gasteiger partial charge in [-0.25, -0.2) is 5.01 Å². The minimum Gasteiger partial charge on any atom is -0.550 e. The summed E-state index contributed by atoms with van der Waals surface area (Å²) in [7, 11) is 0. The highest BCUT2D eigenvalue weighted by Crippen LogP contribution is 2.44. The van der Waals surface area contributed by atoms with Crippen molar-refractivity contribution in [1.82, 2.24) is 5.01 Å². The molecule has 1 heterocycles. The van der Waals surface area contributed by atoms with Crippen LogP contribution in [-0.4, -0.2) is 22.6 Å². The molecule has 5 heteroatoms. The largest absolute Gasteiger partial charge is 0.550 e. The molecule has 0 N–H and O–H groups in total. The third kappa shape index (κ3) is 4.14. The van der Waals surface area contributed by atoms with Gasteiger partial charge >= 0.3 is 0 Å². The van der Waals surface area contributed by atoms with E-state index in [0.29, 0.717) is 0 Å². The lowest BCUT2D eigenvalue weighted by Crippen LogP contribution is -2.33. The van der Waals surface area contributed by atoms with Gasteiger partial charge in [-0.2, -0.15) is 5.10 Å². The summed E-state index contributed by atoms with van der Waals surface area (Å²) in [4.78, 5) is 23.7. The van der Waals surface area contributed by atoms with Crippen LogP contribution >= 0.6 is 0 Å². The van der Waals surface area contributed by atoms with E-state index >= 15 is 0 Å². The van der Waals surface area contributed by atoms with Gasteiger partial charge in [-0.1, -0.05) is 60.7 Å². The number of carbonyl (C=O) groups excluding carboxylic acids is 2. The van der Waals surface area contributed by atoms with Gasteiger partial charge in [0.2, 0.25) is 5.91 Å². The number of amides is 1. The first-order valence-electron chi connectivity index (χ1n) is 10.0. The lowest BCUT2D eigenvalue weighted by Gasteiger charge is -2.29. The topological polar surface area (TPSA) is 72.8 Å². The smallest absolute Gasteiger partial charge is 0.243 e. The van der Waals surface area contributed by atoms with Gasteiger partial charge in [0.1, 0.15) is 0 Å². The fourth-order valence-electron chi connectivity index (χ4n) is 4.26. The fourth-order valence-corrected chi connectivity index (χ4v) is 4.26. The number of carboxylic acid groups (broad SMARTS) is 1. The van der Waals surface area contributed by atoms with E-state index < -0.39 is 5.97 Å². The summed E-state index contributed by atoms with van der Waals surface area (Å²) in [6.07, 6.45) is 4.67. The lowest BCUT2D eigenvalue weighted by molar-refractivity contribution is -0.305. The zero-order valence-electron chi connectivity index (χ0n) is 16.2. The second-order valence-corrected chi connectivity index (χ2v) is 7.53. The lowest BCUT2D eigenvalue weighted by atomic mass is 9.77. The Morgan fingerprint density at radius 2 is 1.72 bits per heavy atom. The van der Waals surface area contributed by atoms with Gasteiger partial charge in [0, 0.05) is 18.3 Å². The third-order valence-electron chi connectivity index (χ3n) is 5.58. The molecule has 2 aromatic carbocycles. The Morgan fingerprint density at radius 1 is 1.03 bits per heavy atom. The number of aliphatic carboxylic acids is 1. The highest BCUT2D eigenvalue weighted by atomic mass is 16.4. The molecule has 1 fully saturated rings. The van der Waals surface area contributed by atoms with E-state index in [9.17, 15) is 14.7 Å². The molecule has 1 aliphatic carbocycles. The molecule has 4 rings (SSSR count). The van der Waals surface area contributed by atoms with Crippen LogP contribution in [-0.2, 0) is 9.59 Å². The number of carbonyl (C=O) groups is 2. The van der Waals surface area contributed by atoms with E-state index in [1.54, 1.807) is 0 Å². The van der Waals surface area contributed by atoms with E-state index in [2.05, 4.69) is 18.2 Å². The molecule has 1 amide bonds. The van der Waals surface area contributed by atoms with E-state index in [0.717, 1.165) is 41.7 Å². The number of hydrazone groups is 1. The van der Waals surface area contributed by atoms with Crippen molar-refractivity contribution in [3.63, 3.8) is 0 Å². The number of rotatable bonds is 5. The Bertz CT molecular complexity index is 951. The van der Waals surface area contributed by atoms with Crippen LogP contribution in [0.2, 0.25) is 0 Å². The Kier molecular flexibility index (Phi) is 5.56. The highest BCUT2D eigenvalue weighted by molar-refractivity contribution is 6.08. The van der Waals surface area contributed by atoms with E-state index in [1.807, 2.05) is 48.5 Å². The first-order chi connectivity index (χ1) is 14.1. The molecule has 0 aromatic heterocycles. The molecule has 29 heavy (non-hydrogen) atoms. The first-order valence-corrected chi connectivity index (χ1v) is 10.0. The van der Waals surface area contributed by atoms with Gasteiger partial charge in [-0.05, 0) is 48.5 Å². The molecule has 0 radical (unpaired) electrons. The molecular weight excluding hydrogens is 364 g/mol. The summed E-state index contributed by atoms with van der Waals surface area (Å²) >= 11 is 0. The molecule has 5 nitrogen and oxygen atoms in total. The van der Waals surface area contributed by atoms with Crippen molar-refractivity contribution in [3.05, 3.63) is 77.4 Å². The quantitative estimate of drug-likeness (QED) is 0.790. The second kappa shape index (κ2) is 8.43. The maximum atomic E-state index is 12.9. The van der Waals surface area contributed by atoms with Crippen molar-refractivity contribution in [2.45, 2.75) is 38.1 Å². The first kappa shape index (κ1) is 19.1. The molecule has 1 saturated carbocycles. The van der Waals surface area contributed by atoms with Crippen molar-refractivity contribution >= 4 is 23.7 Å². The molecule has 0 bridgehead atoms. The van der Waals surface area contributed by atoms with Gasteiger partial charge in [0.25, 0.3) is 0 Å². The third-order valence-corrected chi connectivity index (χ3v) is 5.58. The van der Waals surface area contributed by atoms with E-state index in [4.69, 9.17) is 5.10 Å². The Morgan fingerprint density at radius 3 is 2.41 bits per heavy atom. The van der Waals surface area contributed by atoms with Crippen molar-refractivity contribution < 1.29 is 14.7 Å². The van der Waals surface area contributed by atoms with Crippen LogP contribution in [0.5, 0.6) is 0 Å². The van der Waals surface area contributed by atoms with Crippen LogP contribution in [0.15, 0.2) is 71.3 Å². The predicted octanol–water partition coefficient (Wildman–Crippen LogP) is 3.34. The molecule has 0 saturated heterocycles. The monoisotopic (exact) mass is 387 g/mol. The highest BCUT2D eigenvalue weighted by Gasteiger charge is 2.43. The molecule has 1 aliphatic heterocycles. The van der Waals surface area contributed by atoms with Crippen LogP contribution in [0.4, 0.5) is 0 Å². The number of hydrogen-bond donors (Lipinski definition) is 0. The minimum atomic E-state index is -1.22. The van der Waals surface area contributed by atoms with Crippen molar-refractivity contribution in [3.8, 4) is 0 Å². The zero-order valence-corrected chi connectivity index (χ0v) is 16.2. The van der Waals surface area contributed by atoms with Crippen LogP contribution in [0, 0.1) is 5.92 Å². The van der Waals surface area contributed by atoms with Crippen molar-refractivity contribution in [2.75, 3.05) is 0 Å². The predicted molar refractivity (Wildman–Crippen MR) is 109 cm³/mol. The number of carboxylic acids is 1. The Hall–Kier alpha value is -3.21. The number of allylic oxidation sites excluding steroid dienone is 1. The Balaban J connectivity index is 1.70. The van der Waals surface area contributed by atoms with Crippen LogP contribution in [0.25, 0.3) is 6.08 Å². The van der Waals surface area contributed by atoms with Crippen LogP contribution in [0.3, 0.4) is 0 Å². The summed E-state index contributed by atoms with van der Waals surface area (Å²) in [5.41, 5.74) is 4.25. The Labute approximate surface area is 170 Å². The summed E-state index contributed by atoms with van der Waals surface area (Å²) in [6.45, 7) is 0. The van der Waals surface area contributed by atoms with Gasteiger partial charge in [-0.15, -0.1) is 0 Å². The van der Waals surface area contributed by atoms with E-state index in [-0.39, 0.29) is 30.7 Å². The average molecular weight is 387 g/mol. The maximum Gasteiger partial charge on any atom is 0.243 e. The number of fused-ring (bicyclic) bond motifs is 1. The summed E-state index contributed by atoms with van der Waals surface area (Å²) in [6, 6.07) is 19.8. The molecule has 2 atom stereocenters. The maximum absolute atomic E-state index is 12.9. The fraction of sp³-hybridized carbons (Fsp3) is 0.292. The summed E-state index contributed by atoms with van der Waals surface area (Å²) in [5.74, 6) is -1.37. The van der Waals surface area contributed by atoms with Gasteiger partial charge in [-0.3, -0.25) is 4.79 Å². The summed E-state index contributed by atoms with van der Waals surface area (Å²) < 4.78 is 0. The molecular formula is C24H23N2O3-. The number of hydrogen-bond acceptors (Lipinski definition) is 4. The minimum absolute atomic E-state index is 0.104. The van der Waals surface area contributed by atoms with Crippen LogP contribution < -0.4 is 5.11 Å². The number of benzene rings is 2. The molecule has 2 aliphatic rings. The average Bonchev–Trinajstić information content (AvgIpc) is 3.14.